The molecule has 24 heavy (non-hydrogen) atoms. The first-order valence-corrected chi connectivity index (χ1v) is 8.47. The number of pyridine rings is 1. The molecule has 2 heterocycles. The number of fused-ring (bicyclic) bond motifs is 2. The Hall–Kier alpha value is -2.61. The van der Waals surface area contributed by atoms with E-state index in [9.17, 15) is 0 Å². The Morgan fingerprint density at radius 3 is 2.71 bits per heavy atom. The zero-order chi connectivity index (χ0) is 16.7. The third-order valence-electron chi connectivity index (χ3n) is 4.42. The summed E-state index contributed by atoms with van der Waals surface area (Å²) >= 11 is 0. The molecule has 0 amide bonds. The number of aromatic nitrogens is 1. The molecule has 0 unspecified atom stereocenters. The predicted octanol–water partition coefficient (Wildman–Crippen LogP) is 6.15. The van der Waals surface area contributed by atoms with E-state index in [1.165, 1.54) is 21.9 Å². The fraction of sp³-hybridized carbons (Fsp3) is 0.227. The number of hydrogen-bond donors (Lipinski definition) is 0. The molecule has 0 aliphatic heterocycles. The normalized spacial score (nSPS) is 11.7. The maximum absolute atomic E-state index is 5.74. The van der Waals surface area contributed by atoms with Crippen LogP contribution in [-0.2, 0) is 6.42 Å². The Bertz CT molecular complexity index is 1030. The molecule has 0 saturated carbocycles. The lowest BCUT2D eigenvalue weighted by atomic mass is 9.97. The highest BCUT2D eigenvalue weighted by molar-refractivity contribution is 6.02. The minimum absolute atomic E-state index is 0.656. The SMILES string of the molecule is Cc1cc(-c2nccc3cc(CC(C)C)ccc23)c2occc2c1. The van der Waals surface area contributed by atoms with E-state index >= 15 is 0 Å². The number of furan rings is 1. The van der Waals surface area contributed by atoms with Crippen LogP contribution in [-0.4, -0.2) is 4.98 Å². The lowest BCUT2D eigenvalue weighted by Crippen LogP contribution is -1.94. The Kier molecular flexibility index (Phi) is 3.61. The molecule has 120 valence electrons. The highest BCUT2D eigenvalue weighted by Crippen LogP contribution is 2.34. The van der Waals surface area contributed by atoms with Gasteiger partial charge in [0.15, 0.2) is 0 Å². The molecular formula is C22H21NO. The van der Waals surface area contributed by atoms with Gasteiger partial charge in [-0.25, -0.2) is 0 Å². The van der Waals surface area contributed by atoms with Crippen molar-refractivity contribution in [3.05, 3.63) is 66.1 Å². The van der Waals surface area contributed by atoms with Crippen LogP contribution in [0.1, 0.15) is 25.0 Å². The highest BCUT2D eigenvalue weighted by Gasteiger charge is 2.13. The van der Waals surface area contributed by atoms with Crippen LogP contribution in [0.5, 0.6) is 0 Å². The summed E-state index contributed by atoms with van der Waals surface area (Å²) in [5.74, 6) is 0.656. The van der Waals surface area contributed by atoms with Crippen LogP contribution < -0.4 is 0 Å². The lowest BCUT2D eigenvalue weighted by Gasteiger charge is -2.10. The smallest absolute Gasteiger partial charge is 0.143 e. The van der Waals surface area contributed by atoms with Crippen molar-refractivity contribution in [1.82, 2.24) is 4.98 Å². The maximum Gasteiger partial charge on any atom is 0.143 e. The van der Waals surface area contributed by atoms with Gasteiger partial charge in [-0.3, -0.25) is 4.98 Å². The van der Waals surface area contributed by atoms with Crippen LogP contribution >= 0.6 is 0 Å². The molecule has 0 aliphatic rings. The third kappa shape index (κ3) is 2.58. The van der Waals surface area contributed by atoms with Gasteiger partial charge in [0.25, 0.3) is 0 Å². The van der Waals surface area contributed by atoms with Crippen LogP contribution in [0, 0.1) is 12.8 Å². The van der Waals surface area contributed by atoms with E-state index in [1.807, 2.05) is 12.3 Å². The number of nitrogens with zero attached hydrogens (tertiary/aromatic N) is 1. The first-order valence-electron chi connectivity index (χ1n) is 8.47. The molecule has 2 nitrogen and oxygen atoms in total. The Balaban J connectivity index is 1.94. The van der Waals surface area contributed by atoms with E-state index in [4.69, 9.17) is 4.42 Å². The van der Waals surface area contributed by atoms with E-state index in [0.29, 0.717) is 5.92 Å². The number of aryl methyl sites for hydroxylation is 1. The molecule has 4 aromatic rings. The minimum Gasteiger partial charge on any atom is -0.464 e. The standard InChI is InChI=1S/C22H21NO/c1-14(2)10-16-4-5-19-17(13-16)6-8-23-21(19)20-12-15(3)11-18-7-9-24-22(18)20/h4-9,11-14H,10H2,1-3H3. The molecule has 2 aromatic carbocycles. The van der Waals surface area contributed by atoms with E-state index in [1.54, 1.807) is 6.26 Å². The van der Waals surface area contributed by atoms with Gasteiger partial charge in [-0.2, -0.15) is 0 Å². The molecule has 0 radical (unpaired) electrons. The average molecular weight is 315 g/mol. The van der Waals surface area contributed by atoms with Crippen LogP contribution in [0.2, 0.25) is 0 Å². The summed E-state index contributed by atoms with van der Waals surface area (Å²) < 4.78 is 5.74. The molecule has 0 atom stereocenters. The second-order valence-electron chi connectivity index (χ2n) is 6.96. The monoisotopic (exact) mass is 315 g/mol. The topological polar surface area (TPSA) is 26.0 Å². The van der Waals surface area contributed by atoms with Gasteiger partial charge >= 0.3 is 0 Å². The summed E-state index contributed by atoms with van der Waals surface area (Å²) in [5, 5.41) is 3.54. The van der Waals surface area contributed by atoms with Gasteiger partial charge in [0, 0.05) is 22.5 Å². The summed E-state index contributed by atoms with van der Waals surface area (Å²) in [4.78, 5) is 4.68. The summed E-state index contributed by atoms with van der Waals surface area (Å²) in [6.07, 6.45) is 4.74. The van der Waals surface area contributed by atoms with E-state index < -0.39 is 0 Å². The van der Waals surface area contributed by atoms with Gasteiger partial charge in [0.2, 0.25) is 0 Å². The average Bonchev–Trinajstić information content (AvgIpc) is 3.01. The number of rotatable bonds is 3. The minimum atomic E-state index is 0.656. The summed E-state index contributed by atoms with van der Waals surface area (Å²) in [6, 6.07) is 15.1. The molecular weight excluding hydrogens is 294 g/mol. The molecule has 4 rings (SSSR count). The first kappa shape index (κ1) is 14.9. The summed E-state index contributed by atoms with van der Waals surface area (Å²) in [6.45, 7) is 6.62. The van der Waals surface area contributed by atoms with Crippen molar-refractivity contribution in [3.8, 4) is 11.3 Å². The van der Waals surface area contributed by atoms with Gasteiger partial charge in [-0.1, -0.05) is 32.0 Å². The van der Waals surface area contributed by atoms with Crippen molar-refractivity contribution in [1.29, 1.82) is 0 Å². The quantitative estimate of drug-likeness (QED) is 0.453. The predicted molar refractivity (Wildman–Crippen MR) is 100 cm³/mol. The second-order valence-corrected chi connectivity index (χ2v) is 6.96. The van der Waals surface area contributed by atoms with Crippen molar-refractivity contribution in [2.45, 2.75) is 27.2 Å². The first-order chi connectivity index (χ1) is 11.6. The van der Waals surface area contributed by atoms with Gasteiger partial charge in [0.05, 0.1) is 12.0 Å². The van der Waals surface area contributed by atoms with Crippen LogP contribution in [0.3, 0.4) is 0 Å². The van der Waals surface area contributed by atoms with Crippen molar-refractivity contribution in [2.24, 2.45) is 5.92 Å². The van der Waals surface area contributed by atoms with Crippen LogP contribution in [0.4, 0.5) is 0 Å². The van der Waals surface area contributed by atoms with Gasteiger partial charge in [0.1, 0.15) is 5.58 Å². The van der Waals surface area contributed by atoms with Crippen LogP contribution in [0.25, 0.3) is 33.0 Å². The third-order valence-corrected chi connectivity index (χ3v) is 4.42. The van der Waals surface area contributed by atoms with Crippen molar-refractivity contribution < 1.29 is 4.42 Å². The molecule has 0 N–H and O–H groups in total. The fourth-order valence-corrected chi connectivity index (χ4v) is 3.45. The molecule has 0 fully saturated rings. The van der Waals surface area contributed by atoms with Crippen molar-refractivity contribution >= 4 is 21.7 Å². The van der Waals surface area contributed by atoms with Gasteiger partial charge in [-0.05, 0) is 60.0 Å². The Morgan fingerprint density at radius 2 is 1.88 bits per heavy atom. The van der Waals surface area contributed by atoms with Crippen molar-refractivity contribution in [3.63, 3.8) is 0 Å². The zero-order valence-electron chi connectivity index (χ0n) is 14.3. The highest BCUT2D eigenvalue weighted by atomic mass is 16.3. The zero-order valence-corrected chi connectivity index (χ0v) is 14.3. The maximum atomic E-state index is 5.74. The molecule has 0 spiro atoms. The fourth-order valence-electron chi connectivity index (χ4n) is 3.45. The summed E-state index contributed by atoms with van der Waals surface area (Å²) in [5.41, 5.74) is 5.56. The van der Waals surface area contributed by atoms with E-state index in [-0.39, 0.29) is 0 Å². The largest absolute Gasteiger partial charge is 0.464 e. The van der Waals surface area contributed by atoms with E-state index in [0.717, 1.165) is 28.6 Å². The Labute approximate surface area is 142 Å². The number of benzene rings is 2. The lowest BCUT2D eigenvalue weighted by molar-refractivity contribution is 0.616. The molecule has 2 aromatic heterocycles. The molecule has 0 bridgehead atoms. The molecule has 0 aliphatic carbocycles. The van der Waals surface area contributed by atoms with Crippen molar-refractivity contribution in [2.75, 3.05) is 0 Å². The number of hydrogen-bond acceptors (Lipinski definition) is 2. The second kappa shape index (κ2) is 5.79. The van der Waals surface area contributed by atoms with Gasteiger partial charge in [-0.15, -0.1) is 0 Å². The van der Waals surface area contributed by atoms with Crippen LogP contribution in [0.15, 0.2) is 59.3 Å². The Morgan fingerprint density at radius 1 is 1.00 bits per heavy atom. The van der Waals surface area contributed by atoms with E-state index in [2.05, 4.69) is 62.2 Å². The molecule has 2 heteroatoms. The van der Waals surface area contributed by atoms with Gasteiger partial charge < -0.3 is 4.42 Å². The molecule has 0 saturated heterocycles. The summed E-state index contributed by atoms with van der Waals surface area (Å²) in [7, 11) is 0.